The van der Waals surface area contributed by atoms with E-state index >= 15 is 0 Å². The Morgan fingerprint density at radius 3 is 2.78 bits per heavy atom. The average Bonchev–Trinajstić information content (AvgIpc) is 2.42. The van der Waals surface area contributed by atoms with E-state index in [-0.39, 0.29) is 6.61 Å². The fourth-order valence-electron chi connectivity index (χ4n) is 2.13. The fraction of sp³-hybridized carbons (Fsp3) is 0.462. The number of nitrogens with zero attached hydrogens (tertiary/aromatic N) is 1. The van der Waals surface area contributed by atoms with Crippen molar-refractivity contribution in [2.75, 3.05) is 30.9 Å². The summed E-state index contributed by atoms with van der Waals surface area (Å²) in [6, 6.07) is 7.27. The second-order valence-electron chi connectivity index (χ2n) is 4.59. The summed E-state index contributed by atoms with van der Waals surface area (Å²) in [5.74, 6) is 0. The van der Waals surface area contributed by atoms with Crippen LogP contribution in [0.4, 0.5) is 11.4 Å². The minimum absolute atomic E-state index is 0.0194. The van der Waals surface area contributed by atoms with Crippen LogP contribution in [0.2, 0.25) is 0 Å². The lowest BCUT2D eigenvalue weighted by molar-refractivity contribution is 0.0380. The predicted molar refractivity (Wildman–Crippen MR) is 69.1 cm³/mol. The quantitative estimate of drug-likeness (QED) is 0.695. The smallest absolute Gasteiger partial charge is 0.101 e. The van der Waals surface area contributed by atoms with Gasteiger partial charge in [0.1, 0.15) is 6.07 Å². The Morgan fingerprint density at radius 2 is 2.17 bits per heavy atom. The molecule has 18 heavy (non-hydrogen) atoms. The van der Waals surface area contributed by atoms with Crippen LogP contribution in [0.25, 0.3) is 0 Å². The monoisotopic (exact) mass is 247 g/mol. The molecule has 0 aromatic heterocycles. The Balaban J connectivity index is 2.24. The van der Waals surface area contributed by atoms with Crippen LogP contribution in [0.1, 0.15) is 18.4 Å². The number of aliphatic hydroxyl groups excluding tert-OH is 1. The molecule has 0 amide bonds. The number of aliphatic hydroxyl groups is 1. The number of hydrogen-bond donors (Lipinski definition) is 3. The molecule has 0 aliphatic carbocycles. The van der Waals surface area contributed by atoms with E-state index in [1.54, 1.807) is 18.2 Å². The van der Waals surface area contributed by atoms with Crippen molar-refractivity contribution < 1.29 is 9.84 Å². The van der Waals surface area contributed by atoms with Crippen molar-refractivity contribution in [1.29, 1.82) is 5.26 Å². The van der Waals surface area contributed by atoms with E-state index in [9.17, 15) is 5.11 Å². The molecule has 0 radical (unpaired) electrons. The molecule has 1 aromatic rings. The Hall–Kier alpha value is -1.77. The Kier molecular flexibility index (Phi) is 3.70. The summed E-state index contributed by atoms with van der Waals surface area (Å²) >= 11 is 0. The molecule has 5 nitrogen and oxygen atoms in total. The first-order chi connectivity index (χ1) is 8.69. The lowest BCUT2D eigenvalue weighted by atomic mass is 9.90. The van der Waals surface area contributed by atoms with E-state index in [2.05, 4.69) is 11.4 Å². The molecule has 1 aliphatic heterocycles. The molecule has 5 heteroatoms. The predicted octanol–water partition coefficient (Wildman–Crippen LogP) is 1.09. The standard InChI is InChI=1S/C13H17N3O2/c14-8-10-7-11(15)1-2-12(10)16-13(9-17)3-5-18-6-4-13/h1-2,7,16-17H,3-6,9,15H2. The van der Waals surface area contributed by atoms with Gasteiger partial charge in [0.15, 0.2) is 0 Å². The largest absolute Gasteiger partial charge is 0.399 e. The van der Waals surface area contributed by atoms with Crippen LogP contribution < -0.4 is 11.1 Å². The number of benzene rings is 1. The van der Waals surface area contributed by atoms with Gasteiger partial charge in [-0.15, -0.1) is 0 Å². The molecule has 0 saturated carbocycles. The number of anilines is 2. The topological polar surface area (TPSA) is 91.3 Å². The highest BCUT2D eigenvalue weighted by Gasteiger charge is 2.32. The number of nitrogens with one attached hydrogen (secondary N) is 1. The summed E-state index contributed by atoms with van der Waals surface area (Å²) in [5, 5.41) is 22.0. The number of nitrogen functional groups attached to an aromatic ring is 1. The highest BCUT2D eigenvalue weighted by atomic mass is 16.5. The van der Waals surface area contributed by atoms with Crippen molar-refractivity contribution in [3.8, 4) is 6.07 Å². The van der Waals surface area contributed by atoms with E-state index in [1.807, 2.05) is 0 Å². The van der Waals surface area contributed by atoms with Gasteiger partial charge in [-0.3, -0.25) is 0 Å². The van der Waals surface area contributed by atoms with E-state index < -0.39 is 5.54 Å². The number of nitrogens with two attached hydrogens (primary N) is 1. The van der Waals surface area contributed by atoms with Crippen LogP contribution in [-0.4, -0.2) is 30.5 Å². The normalized spacial score (nSPS) is 18.0. The first-order valence-corrected chi connectivity index (χ1v) is 5.95. The Bertz CT molecular complexity index is 462. The number of ether oxygens (including phenoxy) is 1. The van der Waals surface area contributed by atoms with E-state index in [1.165, 1.54) is 0 Å². The summed E-state index contributed by atoms with van der Waals surface area (Å²) in [4.78, 5) is 0. The van der Waals surface area contributed by atoms with E-state index in [0.717, 1.165) is 12.8 Å². The molecular weight excluding hydrogens is 230 g/mol. The molecule has 2 rings (SSSR count). The molecule has 0 unspecified atom stereocenters. The van der Waals surface area contributed by atoms with Crippen LogP contribution in [0.15, 0.2) is 18.2 Å². The van der Waals surface area contributed by atoms with Gasteiger partial charge in [0, 0.05) is 18.9 Å². The van der Waals surface area contributed by atoms with Gasteiger partial charge in [-0.2, -0.15) is 5.26 Å². The molecule has 0 spiro atoms. The van der Waals surface area contributed by atoms with Crippen LogP contribution in [0.5, 0.6) is 0 Å². The third-order valence-corrected chi connectivity index (χ3v) is 3.32. The lowest BCUT2D eigenvalue weighted by Crippen LogP contribution is -2.47. The van der Waals surface area contributed by atoms with Gasteiger partial charge in [-0.1, -0.05) is 0 Å². The molecule has 0 bridgehead atoms. The number of hydrogen-bond acceptors (Lipinski definition) is 5. The van der Waals surface area contributed by atoms with Gasteiger partial charge in [-0.05, 0) is 31.0 Å². The summed E-state index contributed by atoms with van der Waals surface area (Å²) in [6.45, 7) is 1.25. The van der Waals surface area contributed by atoms with Crippen molar-refractivity contribution in [2.45, 2.75) is 18.4 Å². The maximum absolute atomic E-state index is 9.60. The van der Waals surface area contributed by atoms with Crippen molar-refractivity contribution >= 4 is 11.4 Å². The molecule has 1 fully saturated rings. The summed E-state index contributed by atoms with van der Waals surface area (Å²) in [5.41, 5.74) is 7.01. The molecule has 96 valence electrons. The zero-order valence-electron chi connectivity index (χ0n) is 10.1. The van der Waals surface area contributed by atoms with Crippen molar-refractivity contribution in [2.24, 2.45) is 0 Å². The molecule has 1 saturated heterocycles. The molecule has 1 aliphatic rings. The average molecular weight is 247 g/mol. The number of nitriles is 1. The maximum atomic E-state index is 9.60. The highest BCUT2D eigenvalue weighted by molar-refractivity contribution is 5.64. The van der Waals surface area contributed by atoms with Crippen LogP contribution >= 0.6 is 0 Å². The lowest BCUT2D eigenvalue weighted by Gasteiger charge is -2.37. The zero-order chi connectivity index (χ0) is 13.0. The Morgan fingerprint density at radius 1 is 1.44 bits per heavy atom. The van der Waals surface area contributed by atoms with Crippen molar-refractivity contribution in [1.82, 2.24) is 0 Å². The van der Waals surface area contributed by atoms with E-state index in [0.29, 0.717) is 30.2 Å². The summed E-state index contributed by atoms with van der Waals surface area (Å²) < 4.78 is 5.30. The third kappa shape index (κ3) is 2.55. The number of rotatable bonds is 3. The highest BCUT2D eigenvalue weighted by Crippen LogP contribution is 2.28. The second kappa shape index (κ2) is 5.25. The van der Waals surface area contributed by atoms with Gasteiger partial charge in [0.05, 0.1) is 23.4 Å². The first kappa shape index (κ1) is 12.7. The minimum atomic E-state index is -0.403. The van der Waals surface area contributed by atoms with Crippen LogP contribution in [0.3, 0.4) is 0 Å². The van der Waals surface area contributed by atoms with Gasteiger partial charge in [0.25, 0.3) is 0 Å². The molecular formula is C13H17N3O2. The minimum Gasteiger partial charge on any atom is -0.399 e. The molecule has 1 aromatic carbocycles. The molecule has 0 atom stereocenters. The molecule has 1 heterocycles. The van der Waals surface area contributed by atoms with Gasteiger partial charge < -0.3 is 20.9 Å². The van der Waals surface area contributed by atoms with Gasteiger partial charge in [-0.25, -0.2) is 0 Å². The van der Waals surface area contributed by atoms with Gasteiger partial charge in [0.2, 0.25) is 0 Å². The van der Waals surface area contributed by atoms with E-state index in [4.69, 9.17) is 15.7 Å². The first-order valence-electron chi connectivity index (χ1n) is 5.95. The van der Waals surface area contributed by atoms with Crippen molar-refractivity contribution in [3.63, 3.8) is 0 Å². The van der Waals surface area contributed by atoms with Crippen LogP contribution in [0, 0.1) is 11.3 Å². The SMILES string of the molecule is N#Cc1cc(N)ccc1NC1(CO)CCOCC1. The Labute approximate surface area is 106 Å². The summed E-state index contributed by atoms with van der Waals surface area (Å²) in [7, 11) is 0. The zero-order valence-corrected chi connectivity index (χ0v) is 10.1. The van der Waals surface area contributed by atoms with Crippen molar-refractivity contribution in [3.05, 3.63) is 23.8 Å². The maximum Gasteiger partial charge on any atom is 0.101 e. The fourth-order valence-corrected chi connectivity index (χ4v) is 2.13. The van der Waals surface area contributed by atoms with Crippen LogP contribution in [-0.2, 0) is 4.74 Å². The third-order valence-electron chi connectivity index (χ3n) is 3.32. The van der Waals surface area contributed by atoms with Gasteiger partial charge >= 0.3 is 0 Å². The second-order valence-corrected chi connectivity index (χ2v) is 4.59. The summed E-state index contributed by atoms with van der Waals surface area (Å²) in [6.07, 6.45) is 1.44. The molecule has 4 N–H and O–H groups in total.